The van der Waals surface area contributed by atoms with Crippen LogP contribution in [0.15, 0.2) is 18.3 Å². The number of ether oxygens (including phenoxy) is 3. The van der Waals surface area contributed by atoms with E-state index in [0.717, 1.165) is 5.56 Å². The average molecular weight is 455 g/mol. The van der Waals surface area contributed by atoms with Gasteiger partial charge in [-0.25, -0.2) is 9.37 Å². The SMILES string of the molecule is Cc1cc2c(c(OC(C)C)c1F)C(=O)N1C[C@@H](Oc3cc4c(cn3)CCC(=O)N4)C[C@@H]1CO2. The standard InChI is InChI=1S/C24H26FN3O5/c1-12(2)32-23-21-18(6-13(3)22(23)25)31-11-15-7-16(10-28(15)24(21)30)33-20-8-17-14(9-26-20)4-5-19(29)27-17/h6,8-9,12,15-16H,4-5,7,10-11H2,1-3H3,(H,27,29)/t15-,16+/m1/s1. The van der Waals surface area contributed by atoms with Crippen LogP contribution in [0.3, 0.4) is 0 Å². The maximum absolute atomic E-state index is 14.9. The molecule has 1 aromatic heterocycles. The van der Waals surface area contributed by atoms with Crippen LogP contribution in [0.2, 0.25) is 0 Å². The third kappa shape index (κ3) is 3.96. The van der Waals surface area contributed by atoms with E-state index in [2.05, 4.69) is 10.3 Å². The first-order valence-electron chi connectivity index (χ1n) is 11.2. The van der Waals surface area contributed by atoms with Crippen LogP contribution in [0.1, 0.15) is 48.2 Å². The van der Waals surface area contributed by atoms with Gasteiger partial charge in [0.25, 0.3) is 5.91 Å². The maximum atomic E-state index is 14.9. The van der Waals surface area contributed by atoms with E-state index >= 15 is 0 Å². The molecule has 3 aliphatic rings. The Hall–Kier alpha value is -3.36. The first kappa shape index (κ1) is 21.5. The van der Waals surface area contributed by atoms with E-state index in [4.69, 9.17) is 14.2 Å². The molecule has 9 heteroatoms. The smallest absolute Gasteiger partial charge is 0.262 e. The van der Waals surface area contributed by atoms with Crippen LogP contribution in [-0.4, -0.2) is 53.1 Å². The number of carbonyl (C=O) groups is 2. The highest BCUT2D eigenvalue weighted by atomic mass is 19.1. The molecule has 1 aromatic carbocycles. The highest BCUT2D eigenvalue weighted by molar-refractivity contribution is 6.00. The number of aryl methyl sites for hydroxylation is 2. The number of fused-ring (bicyclic) bond motifs is 3. The molecule has 0 saturated carbocycles. The molecule has 1 N–H and O–H groups in total. The molecule has 0 spiro atoms. The van der Waals surface area contributed by atoms with Gasteiger partial charge in [-0.3, -0.25) is 9.59 Å². The summed E-state index contributed by atoms with van der Waals surface area (Å²) >= 11 is 0. The lowest BCUT2D eigenvalue weighted by Crippen LogP contribution is -2.37. The summed E-state index contributed by atoms with van der Waals surface area (Å²) in [5, 5.41) is 2.84. The Morgan fingerprint density at radius 3 is 2.88 bits per heavy atom. The number of aromatic nitrogens is 1. The van der Waals surface area contributed by atoms with Crippen molar-refractivity contribution < 1.29 is 28.2 Å². The molecule has 174 valence electrons. The van der Waals surface area contributed by atoms with Crippen LogP contribution >= 0.6 is 0 Å². The number of amides is 2. The van der Waals surface area contributed by atoms with Gasteiger partial charge >= 0.3 is 0 Å². The zero-order chi connectivity index (χ0) is 23.3. The average Bonchev–Trinajstić information content (AvgIpc) is 3.12. The number of hydrogen-bond donors (Lipinski definition) is 1. The van der Waals surface area contributed by atoms with E-state index in [1.165, 1.54) is 0 Å². The first-order valence-corrected chi connectivity index (χ1v) is 11.2. The molecule has 5 rings (SSSR count). The van der Waals surface area contributed by atoms with E-state index < -0.39 is 5.82 Å². The van der Waals surface area contributed by atoms with Gasteiger partial charge in [-0.05, 0) is 44.4 Å². The Bertz CT molecular complexity index is 1140. The predicted molar refractivity (Wildman–Crippen MR) is 117 cm³/mol. The highest BCUT2D eigenvalue weighted by Gasteiger charge is 2.42. The van der Waals surface area contributed by atoms with Crippen molar-refractivity contribution in [3.63, 3.8) is 0 Å². The van der Waals surface area contributed by atoms with Gasteiger partial charge in [0, 0.05) is 25.1 Å². The van der Waals surface area contributed by atoms with Crippen LogP contribution in [0.4, 0.5) is 10.1 Å². The van der Waals surface area contributed by atoms with Crippen molar-refractivity contribution in [2.24, 2.45) is 0 Å². The summed E-state index contributed by atoms with van der Waals surface area (Å²) in [5.41, 5.74) is 2.16. The third-order valence-electron chi connectivity index (χ3n) is 6.15. The largest absolute Gasteiger partial charge is 0.490 e. The molecular formula is C24H26FN3O5. The molecule has 3 aliphatic heterocycles. The number of nitrogens with one attached hydrogen (secondary N) is 1. The molecular weight excluding hydrogens is 429 g/mol. The van der Waals surface area contributed by atoms with Crippen LogP contribution in [0.25, 0.3) is 0 Å². The summed E-state index contributed by atoms with van der Waals surface area (Å²) < 4.78 is 32.6. The van der Waals surface area contributed by atoms with Crippen LogP contribution in [0, 0.1) is 12.7 Å². The Kier molecular flexibility index (Phi) is 5.34. The molecule has 1 saturated heterocycles. The fourth-order valence-corrected chi connectivity index (χ4v) is 4.57. The zero-order valence-electron chi connectivity index (χ0n) is 18.8. The summed E-state index contributed by atoms with van der Waals surface area (Å²) in [4.78, 5) is 31.2. The van der Waals surface area contributed by atoms with Crippen LogP contribution in [0.5, 0.6) is 17.4 Å². The van der Waals surface area contributed by atoms with E-state index in [0.29, 0.717) is 48.7 Å². The van der Waals surface area contributed by atoms with Crippen LogP contribution in [-0.2, 0) is 11.2 Å². The van der Waals surface area contributed by atoms with Crippen molar-refractivity contribution in [2.45, 2.75) is 58.3 Å². The summed E-state index contributed by atoms with van der Waals surface area (Å²) in [5.74, 6) is -0.255. The maximum Gasteiger partial charge on any atom is 0.262 e. The Balaban J connectivity index is 1.38. The Morgan fingerprint density at radius 2 is 2.09 bits per heavy atom. The minimum absolute atomic E-state index is 0.0304. The van der Waals surface area contributed by atoms with Crippen molar-refractivity contribution in [1.82, 2.24) is 9.88 Å². The molecule has 2 atom stereocenters. The lowest BCUT2D eigenvalue weighted by atomic mass is 10.1. The van der Waals surface area contributed by atoms with Gasteiger partial charge in [0.15, 0.2) is 11.6 Å². The Morgan fingerprint density at radius 1 is 1.27 bits per heavy atom. The Labute approximate surface area is 191 Å². The van der Waals surface area contributed by atoms with Gasteiger partial charge in [-0.15, -0.1) is 0 Å². The highest BCUT2D eigenvalue weighted by Crippen LogP contribution is 2.39. The number of carbonyl (C=O) groups excluding carboxylic acids is 2. The number of nitrogens with zero attached hydrogens (tertiary/aromatic N) is 2. The lowest BCUT2D eigenvalue weighted by molar-refractivity contribution is -0.116. The molecule has 2 aromatic rings. The summed E-state index contributed by atoms with van der Waals surface area (Å²) in [6, 6.07) is 3.05. The molecule has 0 radical (unpaired) electrons. The lowest BCUT2D eigenvalue weighted by Gasteiger charge is -2.22. The topological polar surface area (TPSA) is 90.0 Å². The molecule has 0 aliphatic carbocycles. The van der Waals surface area contributed by atoms with Gasteiger partial charge in [-0.2, -0.15) is 0 Å². The van der Waals surface area contributed by atoms with E-state index in [9.17, 15) is 14.0 Å². The van der Waals surface area contributed by atoms with Crippen molar-refractivity contribution in [3.8, 4) is 17.4 Å². The molecule has 4 heterocycles. The van der Waals surface area contributed by atoms with Gasteiger partial charge in [-0.1, -0.05) is 0 Å². The fourth-order valence-electron chi connectivity index (χ4n) is 4.57. The van der Waals surface area contributed by atoms with Gasteiger partial charge in [0.05, 0.1) is 24.4 Å². The summed E-state index contributed by atoms with van der Waals surface area (Å²) in [6.45, 7) is 5.78. The van der Waals surface area contributed by atoms with Crippen molar-refractivity contribution in [2.75, 3.05) is 18.5 Å². The van der Waals surface area contributed by atoms with Gasteiger partial charge < -0.3 is 24.4 Å². The monoisotopic (exact) mass is 455 g/mol. The molecule has 0 bridgehead atoms. The third-order valence-corrected chi connectivity index (χ3v) is 6.15. The first-order chi connectivity index (χ1) is 15.8. The molecule has 8 nitrogen and oxygen atoms in total. The molecule has 0 unspecified atom stereocenters. The van der Waals surface area contributed by atoms with E-state index in [1.54, 1.807) is 44.0 Å². The van der Waals surface area contributed by atoms with E-state index in [-0.39, 0.29) is 48.0 Å². The zero-order valence-corrected chi connectivity index (χ0v) is 18.8. The predicted octanol–water partition coefficient (Wildman–Crippen LogP) is 3.26. The number of hydrogen-bond acceptors (Lipinski definition) is 6. The molecule has 33 heavy (non-hydrogen) atoms. The normalized spacial score (nSPS) is 21.5. The molecule has 2 amide bonds. The van der Waals surface area contributed by atoms with Gasteiger partial charge in [0.2, 0.25) is 11.8 Å². The summed E-state index contributed by atoms with van der Waals surface area (Å²) in [6.07, 6.45) is 2.74. The fraction of sp³-hybridized carbons (Fsp3) is 0.458. The van der Waals surface area contributed by atoms with Crippen molar-refractivity contribution >= 4 is 17.5 Å². The number of halogens is 1. The number of anilines is 1. The number of rotatable bonds is 4. The second-order valence-electron chi connectivity index (χ2n) is 9.00. The van der Waals surface area contributed by atoms with E-state index in [1.807, 2.05) is 0 Å². The second kappa shape index (κ2) is 8.20. The van der Waals surface area contributed by atoms with Crippen molar-refractivity contribution in [3.05, 3.63) is 40.8 Å². The summed E-state index contributed by atoms with van der Waals surface area (Å²) in [7, 11) is 0. The number of pyridine rings is 1. The second-order valence-corrected chi connectivity index (χ2v) is 9.00. The number of benzene rings is 1. The van der Waals surface area contributed by atoms with Crippen molar-refractivity contribution in [1.29, 1.82) is 0 Å². The molecule has 1 fully saturated rings. The van der Waals surface area contributed by atoms with Crippen LogP contribution < -0.4 is 19.5 Å². The minimum atomic E-state index is -0.551. The van der Waals surface area contributed by atoms with Gasteiger partial charge in [0.1, 0.15) is 24.0 Å². The quantitative estimate of drug-likeness (QED) is 0.761. The minimum Gasteiger partial charge on any atom is -0.490 e.